The molecule has 0 spiro atoms. The number of hydrogen-bond acceptors (Lipinski definition) is 8. The summed E-state index contributed by atoms with van der Waals surface area (Å²) in [4.78, 5) is 25.1. The van der Waals surface area contributed by atoms with Gasteiger partial charge in [0, 0.05) is 0 Å². The molecule has 1 heterocycles. The molecule has 0 fully saturated rings. The summed E-state index contributed by atoms with van der Waals surface area (Å²) in [6.45, 7) is 2.03. The minimum Gasteiger partial charge on any atom is -0.545 e. The Kier molecular flexibility index (Phi) is 15.8. The Morgan fingerprint density at radius 2 is 1.50 bits per heavy atom. The molecule has 2 aromatic carbocycles. The molecule has 0 aliphatic rings. The first kappa shape index (κ1) is 32.6. The van der Waals surface area contributed by atoms with E-state index in [1.807, 2.05) is 29.8 Å². The molecule has 3 aromatic rings. The predicted octanol–water partition coefficient (Wildman–Crippen LogP) is -5.43. The number of hydrogen-bond donors (Lipinski definition) is 1. The van der Waals surface area contributed by atoms with Crippen molar-refractivity contribution in [2.75, 3.05) is 7.05 Å². The fourth-order valence-corrected chi connectivity index (χ4v) is 3.72. The van der Waals surface area contributed by atoms with Gasteiger partial charge in [-0.05, 0) is 55.4 Å². The summed E-state index contributed by atoms with van der Waals surface area (Å²) in [5.41, 5.74) is 0.00560. The largest absolute Gasteiger partial charge is 1.00 e. The Balaban J connectivity index is 0. The number of rotatable bonds is 4. The van der Waals surface area contributed by atoms with E-state index in [1.54, 1.807) is 11.3 Å². The number of aromatic nitrogens is 1. The third-order valence-corrected chi connectivity index (χ3v) is 5.70. The van der Waals surface area contributed by atoms with Crippen molar-refractivity contribution in [3.8, 4) is 0 Å². The third kappa shape index (κ3) is 9.13. The van der Waals surface area contributed by atoms with Gasteiger partial charge in [-0.15, -0.1) is 11.3 Å². The summed E-state index contributed by atoms with van der Waals surface area (Å²) >= 11 is 1.74. The molecule has 0 bridgehead atoms. The van der Waals surface area contributed by atoms with E-state index in [2.05, 4.69) is 11.1 Å². The fraction of sp³-hybridized carbons (Fsp3) is 0.167. The van der Waals surface area contributed by atoms with Gasteiger partial charge in [0.15, 0.2) is 0 Å². The van der Waals surface area contributed by atoms with Crippen LogP contribution in [-0.4, -0.2) is 32.4 Å². The normalized spacial score (nSPS) is 9.80. The van der Waals surface area contributed by atoms with Crippen LogP contribution in [0.3, 0.4) is 0 Å². The van der Waals surface area contributed by atoms with E-state index < -0.39 is 38.0 Å². The van der Waals surface area contributed by atoms with E-state index in [0.717, 1.165) is 35.8 Å². The number of carboxylic acids is 2. The Bertz CT molecular complexity index is 1050. The summed E-state index contributed by atoms with van der Waals surface area (Å²) < 4.78 is 26.0. The van der Waals surface area contributed by atoms with Crippen LogP contribution in [0.1, 0.15) is 33.2 Å². The summed E-state index contributed by atoms with van der Waals surface area (Å²) in [6.07, 6.45) is 0. The Morgan fingerprint density at radius 1 is 1.00 bits per heavy atom. The number of nitrogens with one attached hydrogen (secondary N) is 1. The number of thiazole rings is 1. The van der Waals surface area contributed by atoms with Crippen LogP contribution in [0.15, 0.2) is 47.4 Å². The molecule has 1 N–H and O–H groups in total. The van der Waals surface area contributed by atoms with Crippen molar-refractivity contribution < 1.29 is 131 Å². The number of aryl methyl sites for hydroxylation is 1. The zero-order valence-electron chi connectivity index (χ0n) is 16.3. The molecule has 0 atom stereocenters. The van der Waals surface area contributed by atoms with E-state index in [9.17, 15) is 28.2 Å². The molecule has 0 radical (unpaired) electrons. The first-order chi connectivity index (χ1) is 12.6. The maximum atomic E-state index is 11.4. The summed E-state index contributed by atoms with van der Waals surface area (Å²) in [7, 11) is -2.83. The molecule has 0 saturated heterocycles. The Morgan fingerprint density at radius 3 is 1.93 bits per heavy atom. The van der Waals surface area contributed by atoms with E-state index in [-0.39, 0.29) is 110 Å². The molecule has 0 unspecified atom stereocenters. The quantitative estimate of drug-likeness (QED) is 0.353. The Hall–Kier alpha value is 0.453. The van der Waals surface area contributed by atoms with E-state index in [4.69, 9.17) is 0 Å². The van der Waals surface area contributed by atoms with Crippen molar-refractivity contribution >= 4 is 43.5 Å². The number of sulfonamides is 1. The van der Waals surface area contributed by atoms with Crippen LogP contribution in [0.25, 0.3) is 10.2 Å². The van der Waals surface area contributed by atoms with Gasteiger partial charge in [0.25, 0.3) is 0 Å². The zero-order valence-corrected chi connectivity index (χ0v) is 24.1. The van der Waals surface area contributed by atoms with Crippen LogP contribution in [0.5, 0.6) is 0 Å². The molecule has 12 heteroatoms. The van der Waals surface area contributed by atoms with Crippen molar-refractivity contribution in [3.63, 3.8) is 0 Å². The van der Waals surface area contributed by atoms with Gasteiger partial charge in [-0.2, -0.15) is 0 Å². The smallest absolute Gasteiger partial charge is 0.545 e. The molecular weight excluding hydrogens is 483 g/mol. The molecular formula is C18H18K2N2O6S2. The van der Waals surface area contributed by atoms with Crippen LogP contribution in [0.2, 0.25) is 0 Å². The van der Waals surface area contributed by atoms with E-state index >= 15 is 0 Å². The van der Waals surface area contributed by atoms with Gasteiger partial charge in [0.1, 0.15) is 0 Å². The zero-order chi connectivity index (χ0) is 20.2. The summed E-state index contributed by atoms with van der Waals surface area (Å²) in [6, 6.07) is 10.6. The van der Waals surface area contributed by atoms with Crippen LogP contribution in [0, 0.1) is 6.92 Å². The number of benzene rings is 2. The second-order valence-corrected chi connectivity index (χ2v) is 8.35. The topological polar surface area (TPSA) is 139 Å². The molecule has 150 valence electrons. The van der Waals surface area contributed by atoms with Gasteiger partial charge in [-0.3, -0.25) is 0 Å². The van der Waals surface area contributed by atoms with Crippen molar-refractivity contribution in [3.05, 3.63) is 58.6 Å². The number of carbonyl (C=O) groups is 2. The SMILES string of the molecule is C.CNS(=O)(=O)c1cc(C(=O)[O-])cc(C(=O)[O-])c1.Cc1nc2ccccc2s1.[K+].[K+]. The average molecular weight is 501 g/mol. The van der Waals surface area contributed by atoms with Crippen LogP contribution >= 0.6 is 11.3 Å². The molecule has 1 aromatic heterocycles. The predicted molar refractivity (Wildman–Crippen MR) is 102 cm³/mol. The Labute approximate surface area is 264 Å². The minimum atomic E-state index is -3.94. The molecule has 0 saturated carbocycles. The maximum Gasteiger partial charge on any atom is 1.00 e. The third-order valence-electron chi connectivity index (χ3n) is 3.36. The number of fused-ring (bicyclic) bond motifs is 1. The first-order valence-electron chi connectivity index (χ1n) is 7.47. The molecule has 0 aliphatic heterocycles. The van der Waals surface area contributed by atoms with Gasteiger partial charge in [-0.1, -0.05) is 19.6 Å². The molecule has 3 rings (SSSR count). The van der Waals surface area contributed by atoms with E-state index in [0.29, 0.717) is 0 Å². The second kappa shape index (κ2) is 14.6. The van der Waals surface area contributed by atoms with Gasteiger partial charge >= 0.3 is 103 Å². The van der Waals surface area contributed by atoms with Gasteiger partial charge in [-0.25, -0.2) is 18.1 Å². The van der Waals surface area contributed by atoms with Crippen molar-refractivity contribution in [2.24, 2.45) is 0 Å². The first-order valence-corrected chi connectivity index (χ1v) is 9.77. The molecule has 0 aliphatic carbocycles. The molecule has 30 heavy (non-hydrogen) atoms. The second-order valence-electron chi connectivity index (χ2n) is 5.23. The fourth-order valence-electron chi connectivity index (χ4n) is 2.10. The molecule has 8 nitrogen and oxygen atoms in total. The number of nitrogens with zero attached hydrogens (tertiary/aromatic N) is 1. The van der Waals surface area contributed by atoms with Crippen molar-refractivity contribution in [1.82, 2.24) is 9.71 Å². The summed E-state index contributed by atoms with van der Waals surface area (Å²) in [5, 5.41) is 22.3. The summed E-state index contributed by atoms with van der Waals surface area (Å²) in [5.74, 6) is -3.36. The monoisotopic (exact) mass is 500 g/mol. The minimum absolute atomic E-state index is 0. The van der Waals surface area contributed by atoms with Crippen LogP contribution in [0.4, 0.5) is 0 Å². The van der Waals surface area contributed by atoms with Gasteiger partial charge in [0.05, 0.1) is 32.1 Å². The number of carbonyl (C=O) groups excluding carboxylic acids is 2. The van der Waals surface area contributed by atoms with Crippen molar-refractivity contribution in [1.29, 1.82) is 0 Å². The van der Waals surface area contributed by atoms with Crippen molar-refractivity contribution in [2.45, 2.75) is 19.2 Å². The molecule has 0 amide bonds. The van der Waals surface area contributed by atoms with E-state index in [1.165, 1.54) is 4.70 Å². The number of para-hydroxylation sites is 1. The average Bonchev–Trinajstić information content (AvgIpc) is 3.01. The van der Waals surface area contributed by atoms with Crippen LogP contribution in [-0.2, 0) is 10.0 Å². The van der Waals surface area contributed by atoms with Gasteiger partial charge in [0.2, 0.25) is 10.0 Å². The maximum absolute atomic E-state index is 11.4. The van der Waals surface area contributed by atoms with Gasteiger partial charge < -0.3 is 19.8 Å². The van der Waals surface area contributed by atoms with Crippen LogP contribution < -0.4 is 118 Å². The standard InChI is InChI=1S/C9H9NO6S.C8H7NS.CH4.2K/c1-10-17(15,16)7-3-5(8(11)12)2-6(4-7)9(13)14;1-6-9-7-4-2-3-5-8(7)10-6;;;/h2-4,10H,1H3,(H,11,12)(H,13,14);2-5H,1H3;1H4;;/q;;;2*+1/p-2. The number of aromatic carboxylic acids is 2. The number of carboxylic acid groups (broad SMARTS) is 2.